The number of carbonyl (C=O) groups is 1. The molecule has 1 aliphatic rings. The molecule has 0 spiro atoms. The summed E-state index contributed by atoms with van der Waals surface area (Å²) in [5.41, 5.74) is 1.42. The molecule has 1 saturated heterocycles. The van der Waals surface area contributed by atoms with E-state index in [0.29, 0.717) is 26.2 Å². The van der Waals surface area contributed by atoms with Crippen LogP contribution in [0.4, 0.5) is 10.1 Å². The van der Waals surface area contributed by atoms with Crippen LogP contribution in [0.1, 0.15) is 10.4 Å². The number of benzene rings is 1. The first kappa shape index (κ1) is 17.0. The van der Waals surface area contributed by atoms with E-state index in [0.717, 1.165) is 12.3 Å². The number of nitrogens with one attached hydrogen (secondary N) is 1. The predicted molar refractivity (Wildman–Crippen MR) is 91.8 cm³/mol. The summed E-state index contributed by atoms with van der Waals surface area (Å²) in [6.07, 6.45) is 1.08. The highest BCUT2D eigenvalue weighted by Crippen LogP contribution is 2.37. The van der Waals surface area contributed by atoms with Crippen molar-refractivity contribution in [2.45, 2.75) is 0 Å². The molecule has 1 aromatic heterocycles. The molecule has 0 saturated carbocycles. The van der Waals surface area contributed by atoms with Crippen molar-refractivity contribution in [3.63, 3.8) is 0 Å². The van der Waals surface area contributed by atoms with E-state index in [2.05, 4.69) is 10.3 Å². The summed E-state index contributed by atoms with van der Waals surface area (Å²) in [6.45, 7) is 2.49. The largest absolute Gasteiger partial charge is 0.504 e. The molecule has 1 fully saturated rings. The average Bonchev–Trinajstić information content (AvgIpc) is 2.57. The Morgan fingerprint density at radius 2 is 1.92 bits per heavy atom. The van der Waals surface area contributed by atoms with Gasteiger partial charge in [-0.05, 0) is 13.1 Å². The maximum atomic E-state index is 14.7. The Bertz CT molecular complexity index is 903. The highest BCUT2D eigenvalue weighted by Gasteiger charge is 2.26. The number of rotatable bonds is 3. The number of fused-ring (bicyclic) bond motifs is 1. The van der Waals surface area contributed by atoms with E-state index in [9.17, 15) is 19.1 Å². The molecule has 0 bridgehead atoms. The van der Waals surface area contributed by atoms with E-state index in [1.165, 1.54) is 11.7 Å². The van der Waals surface area contributed by atoms with Gasteiger partial charge in [0.25, 0.3) is 0 Å². The highest BCUT2D eigenvalue weighted by molar-refractivity contribution is 5.96. The van der Waals surface area contributed by atoms with E-state index in [4.69, 9.17) is 5.11 Å². The van der Waals surface area contributed by atoms with Crippen LogP contribution >= 0.6 is 0 Å². The summed E-state index contributed by atoms with van der Waals surface area (Å²) in [7, 11) is 3.47. The van der Waals surface area contributed by atoms with Gasteiger partial charge >= 0.3 is 5.97 Å². The van der Waals surface area contributed by atoms with Crippen molar-refractivity contribution < 1.29 is 19.4 Å². The predicted octanol–water partition coefficient (Wildman–Crippen LogP) is 0.470. The number of aromatic carboxylic acids is 1. The van der Waals surface area contributed by atoms with E-state index >= 15 is 0 Å². The minimum atomic E-state index is -1.42. The zero-order valence-electron chi connectivity index (χ0n) is 13.9. The van der Waals surface area contributed by atoms with E-state index in [1.54, 1.807) is 4.90 Å². The van der Waals surface area contributed by atoms with Gasteiger partial charge in [0.2, 0.25) is 5.43 Å². The number of pyridine rings is 1. The summed E-state index contributed by atoms with van der Waals surface area (Å²) in [5, 5.41) is 19.6. The van der Waals surface area contributed by atoms with Crippen LogP contribution in [0.5, 0.6) is 5.75 Å². The van der Waals surface area contributed by atoms with E-state index in [1.807, 2.05) is 7.05 Å². The van der Waals surface area contributed by atoms with Gasteiger partial charge < -0.3 is 25.4 Å². The number of piperazine rings is 1. The molecule has 3 N–H and O–H groups in total. The zero-order valence-corrected chi connectivity index (χ0v) is 13.9. The van der Waals surface area contributed by atoms with Crippen molar-refractivity contribution in [3.8, 4) is 5.75 Å². The molecular formula is C16H19FN4O4. The Labute approximate surface area is 142 Å². The number of hydrogen-bond donors (Lipinski definition) is 3. The number of hydrogen-bond acceptors (Lipinski definition) is 6. The second-order valence-electron chi connectivity index (χ2n) is 6.01. The fraction of sp³-hybridized carbons (Fsp3) is 0.375. The molecule has 2 heterocycles. The molecule has 9 heteroatoms. The van der Waals surface area contributed by atoms with Gasteiger partial charge in [0.15, 0.2) is 11.6 Å². The molecule has 3 rings (SSSR count). The molecule has 1 aliphatic heterocycles. The van der Waals surface area contributed by atoms with Gasteiger partial charge in [0.1, 0.15) is 16.8 Å². The number of phenols is 1. The molecule has 2 aromatic rings. The lowest BCUT2D eigenvalue weighted by atomic mass is 10.1. The molecule has 0 atom stereocenters. The maximum Gasteiger partial charge on any atom is 0.341 e. The zero-order chi connectivity index (χ0) is 18.3. The third-order valence-electron chi connectivity index (χ3n) is 4.48. The first-order valence-corrected chi connectivity index (χ1v) is 7.80. The lowest BCUT2D eigenvalue weighted by molar-refractivity contribution is 0.0695. The molecule has 0 unspecified atom stereocenters. The Morgan fingerprint density at radius 1 is 1.28 bits per heavy atom. The van der Waals surface area contributed by atoms with Crippen LogP contribution in [0.3, 0.4) is 0 Å². The van der Waals surface area contributed by atoms with Crippen molar-refractivity contribution in [2.75, 3.05) is 50.6 Å². The third-order valence-corrected chi connectivity index (χ3v) is 4.48. The van der Waals surface area contributed by atoms with Crippen LogP contribution in [0.2, 0.25) is 0 Å². The number of carboxylic acid groups (broad SMARTS) is 1. The molecule has 1 aromatic carbocycles. The molecule has 0 aliphatic carbocycles. The number of likely N-dealkylation sites (N-methyl/N-ethyl adjacent to an activating group) is 1. The van der Waals surface area contributed by atoms with Gasteiger partial charge in [0, 0.05) is 39.4 Å². The first-order valence-electron chi connectivity index (χ1n) is 7.80. The summed E-state index contributed by atoms with van der Waals surface area (Å²) < 4.78 is 15.9. The van der Waals surface area contributed by atoms with Crippen LogP contribution in [0.25, 0.3) is 10.9 Å². The Balaban J connectivity index is 2.28. The lowest BCUT2D eigenvalue weighted by Crippen LogP contribution is -2.44. The Kier molecular flexibility index (Phi) is 4.25. The SMILES string of the molecule is CNn1cc(C(=O)O)c(=O)c2cc(F)c(N3CCN(C)CC3)c(O)c21. The second-order valence-corrected chi connectivity index (χ2v) is 6.01. The minimum absolute atomic E-state index is 0.0204. The molecular weight excluding hydrogens is 331 g/mol. The van der Waals surface area contributed by atoms with Gasteiger partial charge in [-0.3, -0.25) is 9.47 Å². The fourth-order valence-electron chi connectivity index (χ4n) is 3.09. The molecule has 134 valence electrons. The third kappa shape index (κ3) is 2.76. The quantitative estimate of drug-likeness (QED) is 0.740. The standard InChI is InChI=1S/C16H19FN4O4/c1-18-21-8-10(16(24)25)14(22)9-7-11(17)13(15(23)12(9)21)20-5-3-19(2)4-6-20/h7-8,18,23H,3-6H2,1-2H3,(H,24,25). The molecule has 0 amide bonds. The number of carboxylic acids is 1. The van der Waals surface area contributed by atoms with Crippen LogP contribution in [-0.2, 0) is 0 Å². The maximum absolute atomic E-state index is 14.7. The van der Waals surface area contributed by atoms with E-state index < -0.39 is 22.8 Å². The minimum Gasteiger partial charge on any atom is -0.504 e. The highest BCUT2D eigenvalue weighted by atomic mass is 19.1. The summed E-state index contributed by atoms with van der Waals surface area (Å²) in [6, 6.07) is 0.991. The molecule has 25 heavy (non-hydrogen) atoms. The number of phenolic OH excluding ortho intramolecular Hbond substituents is 1. The second kappa shape index (κ2) is 6.25. The molecule has 0 radical (unpaired) electrons. The normalized spacial score (nSPS) is 15.6. The van der Waals surface area contributed by atoms with Crippen molar-refractivity contribution in [3.05, 3.63) is 33.9 Å². The van der Waals surface area contributed by atoms with Gasteiger partial charge in [-0.25, -0.2) is 9.18 Å². The summed E-state index contributed by atoms with van der Waals surface area (Å²) >= 11 is 0. The van der Waals surface area contributed by atoms with Gasteiger partial charge in [-0.2, -0.15) is 0 Å². The van der Waals surface area contributed by atoms with Crippen LogP contribution in [0, 0.1) is 5.82 Å². The average molecular weight is 350 g/mol. The number of nitrogens with zero attached hydrogens (tertiary/aromatic N) is 3. The van der Waals surface area contributed by atoms with Gasteiger partial charge in [0.05, 0.1) is 5.39 Å². The number of halogens is 1. The van der Waals surface area contributed by atoms with Crippen molar-refractivity contribution in [1.82, 2.24) is 9.58 Å². The first-order chi connectivity index (χ1) is 11.8. The Morgan fingerprint density at radius 3 is 2.48 bits per heavy atom. The Hall–Kier alpha value is -2.81. The van der Waals surface area contributed by atoms with E-state index in [-0.39, 0.29) is 22.3 Å². The van der Waals surface area contributed by atoms with Crippen molar-refractivity contribution >= 4 is 22.6 Å². The van der Waals surface area contributed by atoms with Crippen molar-refractivity contribution in [2.24, 2.45) is 0 Å². The van der Waals surface area contributed by atoms with Crippen LogP contribution in [-0.4, -0.2) is 66.0 Å². The summed E-state index contributed by atoms with van der Waals surface area (Å²) in [4.78, 5) is 27.4. The van der Waals surface area contributed by atoms with Crippen LogP contribution < -0.4 is 15.8 Å². The van der Waals surface area contributed by atoms with Crippen molar-refractivity contribution in [1.29, 1.82) is 0 Å². The fourth-order valence-corrected chi connectivity index (χ4v) is 3.09. The monoisotopic (exact) mass is 350 g/mol. The number of anilines is 1. The number of aromatic hydroxyl groups is 1. The smallest absolute Gasteiger partial charge is 0.341 e. The van der Waals surface area contributed by atoms with Gasteiger partial charge in [-0.15, -0.1) is 0 Å². The van der Waals surface area contributed by atoms with Gasteiger partial charge in [-0.1, -0.05) is 0 Å². The summed E-state index contributed by atoms with van der Waals surface area (Å²) in [5.74, 6) is -2.56. The lowest BCUT2D eigenvalue weighted by Gasteiger charge is -2.34. The topological polar surface area (TPSA) is 98.0 Å². The number of aromatic nitrogens is 1. The van der Waals surface area contributed by atoms with Crippen LogP contribution in [0.15, 0.2) is 17.1 Å². The molecule has 8 nitrogen and oxygen atoms in total.